The van der Waals surface area contributed by atoms with Crippen molar-refractivity contribution in [2.24, 2.45) is 0 Å². The molecule has 2 N–H and O–H groups in total. The van der Waals surface area contributed by atoms with Gasteiger partial charge in [-0.15, -0.1) is 11.8 Å². The molecule has 6 nitrogen and oxygen atoms in total. The molecule has 1 aliphatic heterocycles. The lowest BCUT2D eigenvalue weighted by molar-refractivity contribution is -0.129. The van der Waals surface area contributed by atoms with Gasteiger partial charge in [-0.2, -0.15) is 0 Å². The molecular formula is C19H28N2O4S. The summed E-state index contributed by atoms with van der Waals surface area (Å²) >= 11 is 1.50. The second kappa shape index (κ2) is 9.16. The lowest BCUT2D eigenvalue weighted by Gasteiger charge is -2.32. The van der Waals surface area contributed by atoms with Crippen LogP contribution in [-0.2, 0) is 16.0 Å². The van der Waals surface area contributed by atoms with Gasteiger partial charge in [-0.05, 0) is 44.4 Å². The van der Waals surface area contributed by atoms with E-state index in [0.29, 0.717) is 31.1 Å². The Labute approximate surface area is 159 Å². The third kappa shape index (κ3) is 5.30. The maximum absolute atomic E-state index is 12.3. The molecule has 7 heteroatoms. The van der Waals surface area contributed by atoms with Gasteiger partial charge < -0.3 is 20.1 Å². The summed E-state index contributed by atoms with van der Waals surface area (Å²) in [5, 5.41) is 5.69. The third-order valence-corrected chi connectivity index (χ3v) is 5.59. The summed E-state index contributed by atoms with van der Waals surface area (Å²) in [6.45, 7) is 6.92. The Balaban J connectivity index is 1.84. The molecule has 1 atom stereocenters. The van der Waals surface area contributed by atoms with E-state index in [4.69, 9.17) is 9.47 Å². The van der Waals surface area contributed by atoms with Crippen LogP contribution >= 0.6 is 11.8 Å². The van der Waals surface area contributed by atoms with E-state index in [1.807, 2.05) is 32.0 Å². The summed E-state index contributed by atoms with van der Waals surface area (Å²) < 4.78 is 10.5. The zero-order valence-corrected chi connectivity index (χ0v) is 16.7. The minimum Gasteiger partial charge on any atom is -0.493 e. The fourth-order valence-electron chi connectivity index (χ4n) is 2.52. The smallest absolute Gasteiger partial charge is 0.243 e. The van der Waals surface area contributed by atoms with Gasteiger partial charge in [0.15, 0.2) is 11.5 Å². The molecule has 1 fully saturated rings. The number of nitrogens with one attached hydrogen (secondary N) is 2. The summed E-state index contributed by atoms with van der Waals surface area (Å²) in [6, 6.07) is 5.32. The number of rotatable bonds is 8. The third-order valence-electron chi connectivity index (χ3n) is 4.18. The Bertz CT molecular complexity index is 648. The molecule has 144 valence electrons. The second-order valence-corrected chi connectivity index (χ2v) is 8.36. The van der Waals surface area contributed by atoms with Crippen LogP contribution < -0.4 is 20.1 Å². The molecule has 0 radical (unpaired) electrons. The minimum absolute atomic E-state index is 0.0960. The summed E-state index contributed by atoms with van der Waals surface area (Å²) in [7, 11) is 1.62. The molecular weight excluding hydrogens is 352 g/mol. The van der Waals surface area contributed by atoms with Crippen molar-refractivity contribution in [3.05, 3.63) is 23.8 Å². The molecule has 1 aromatic carbocycles. The monoisotopic (exact) mass is 380 g/mol. The summed E-state index contributed by atoms with van der Waals surface area (Å²) in [6.07, 6.45) is 1.61. The topological polar surface area (TPSA) is 76.7 Å². The molecule has 2 rings (SSSR count). The van der Waals surface area contributed by atoms with Crippen LogP contribution in [0.15, 0.2) is 18.2 Å². The summed E-state index contributed by atoms with van der Waals surface area (Å²) in [5.41, 5.74) is 1.05. The van der Waals surface area contributed by atoms with Gasteiger partial charge in [-0.25, -0.2) is 0 Å². The molecule has 0 spiro atoms. The number of thioether (sulfide) groups is 1. The van der Waals surface area contributed by atoms with Crippen molar-refractivity contribution < 1.29 is 19.1 Å². The fraction of sp³-hybridized carbons (Fsp3) is 0.579. The maximum Gasteiger partial charge on any atom is 0.243 e. The van der Waals surface area contributed by atoms with Gasteiger partial charge in [0.05, 0.1) is 18.5 Å². The van der Waals surface area contributed by atoms with Crippen molar-refractivity contribution in [3.8, 4) is 11.5 Å². The van der Waals surface area contributed by atoms with E-state index in [1.165, 1.54) is 11.8 Å². The predicted octanol–water partition coefficient (Wildman–Crippen LogP) is 2.15. The predicted molar refractivity (Wildman–Crippen MR) is 104 cm³/mol. The first-order chi connectivity index (χ1) is 12.4. The quantitative estimate of drug-likeness (QED) is 0.723. The van der Waals surface area contributed by atoms with Gasteiger partial charge in [0.25, 0.3) is 0 Å². The van der Waals surface area contributed by atoms with E-state index < -0.39 is 10.8 Å². The van der Waals surface area contributed by atoms with Crippen LogP contribution in [0.1, 0.15) is 32.8 Å². The molecule has 26 heavy (non-hydrogen) atoms. The molecule has 0 aliphatic carbocycles. The van der Waals surface area contributed by atoms with Crippen LogP contribution in [0.25, 0.3) is 0 Å². The fourth-order valence-corrected chi connectivity index (χ4v) is 3.53. The van der Waals surface area contributed by atoms with Crippen LogP contribution in [0.2, 0.25) is 0 Å². The van der Waals surface area contributed by atoms with E-state index in [9.17, 15) is 9.59 Å². The largest absolute Gasteiger partial charge is 0.493 e. The van der Waals surface area contributed by atoms with Gasteiger partial charge in [-0.3, -0.25) is 9.59 Å². The number of methoxy groups -OCH3 is 1. The van der Waals surface area contributed by atoms with Crippen LogP contribution in [0.5, 0.6) is 11.5 Å². The highest BCUT2D eigenvalue weighted by Gasteiger charge is 2.37. The first-order valence-electron chi connectivity index (χ1n) is 8.89. The van der Waals surface area contributed by atoms with Gasteiger partial charge in [-0.1, -0.05) is 13.0 Å². The lowest BCUT2D eigenvalue weighted by Crippen LogP contribution is -2.57. The second-order valence-electron chi connectivity index (χ2n) is 6.72. The molecule has 0 bridgehead atoms. The minimum atomic E-state index is -0.477. The number of amides is 2. The maximum atomic E-state index is 12.3. The standard InChI is InChI=1S/C19H28N2O4S/c1-5-10-25-15-7-6-13(11-16(15)24-4)8-9-20-17(22)14-12-26-19(2,3)18(23)21-14/h6-7,11,14H,5,8-10,12H2,1-4H3,(H,20,22)(H,21,23)/t14-/m0/s1. The summed E-state index contributed by atoms with van der Waals surface area (Å²) in [4.78, 5) is 24.2. The van der Waals surface area contributed by atoms with Crippen molar-refractivity contribution in [2.45, 2.75) is 44.4 Å². The highest BCUT2D eigenvalue weighted by Crippen LogP contribution is 2.29. The zero-order valence-electron chi connectivity index (χ0n) is 15.9. The molecule has 0 unspecified atom stereocenters. The first-order valence-corrected chi connectivity index (χ1v) is 9.88. The molecule has 2 amide bonds. The van der Waals surface area contributed by atoms with Crippen molar-refractivity contribution >= 4 is 23.6 Å². The van der Waals surface area contributed by atoms with Gasteiger partial charge in [0.2, 0.25) is 11.8 Å². The molecule has 1 heterocycles. The van der Waals surface area contributed by atoms with Crippen molar-refractivity contribution in [1.82, 2.24) is 10.6 Å². The van der Waals surface area contributed by atoms with Crippen molar-refractivity contribution in [3.63, 3.8) is 0 Å². The Morgan fingerprint density at radius 2 is 2.15 bits per heavy atom. The summed E-state index contributed by atoms with van der Waals surface area (Å²) in [5.74, 6) is 1.77. The number of hydrogen-bond acceptors (Lipinski definition) is 5. The van der Waals surface area contributed by atoms with E-state index in [0.717, 1.165) is 17.7 Å². The molecule has 1 saturated heterocycles. The number of ether oxygens (including phenoxy) is 2. The van der Waals surface area contributed by atoms with Crippen LogP contribution in [0.4, 0.5) is 0 Å². The normalized spacial score (nSPS) is 18.8. The van der Waals surface area contributed by atoms with Gasteiger partial charge >= 0.3 is 0 Å². The Hall–Kier alpha value is -1.89. The van der Waals surface area contributed by atoms with E-state index >= 15 is 0 Å². The lowest BCUT2D eigenvalue weighted by atomic mass is 10.1. The first kappa shape index (κ1) is 20.4. The van der Waals surface area contributed by atoms with Gasteiger partial charge in [0.1, 0.15) is 6.04 Å². The van der Waals surface area contributed by atoms with Crippen LogP contribution in [-0.4, -0.2) is 48.6 Å². The highest BCUT2D eigenvalue weighted by atomic mass is 32.2. The number of carbonyl (C=O) groups is 2. The van der Waals surface area contributed by atoms with Gasteiger partial charge in [0, 0.05) is 12.3 Å². The van der Waals surface area contributed by atoms with E-state index in [1.54, 1.807) is 7.11 Å². The Morgan fingerprint density at radius 3 is 2.81 bits per heavy atom. The average molecular weight is 381 g/mol. The van der Waals surface area contributed by atoms with Crippen LogP contribution in [0.3, 0.4) is 0 Å². The number of carbonyl (C=O) groups excluding carboxylic acids is 2. The molecule has 1 aliphatic rings. The zero-order chi connectivity index (χ0) is 19.2. The highest BCUT2D eigenvalue weighted by molar-refractivity contribution is 8.01. The Morgan fingerprint density at radius 1 is 1.38 bits per heavy atom. The molecule has 0 aromatic heterocycles. The molecule has 1 aromatic rings. The van der Waals surface area contributed by atoms with Crippen LogP contribution in [0, 0.1) is 0 Å². The van der Waals surface area contributed by atoms with E-state index in [-0.39, 0.29) is 11.8 Å². The van der Waals surface area contributed by atoms with Crippen molar-refractivity contribution in [2.75, 3.05) is 26.0 Å². The molecule has 0 saturated carbocycles. The van der Waals surface area contributed by atoms with E-state index in [2.05, 4.69) is 17.6 Å². The van der Waals surface area contributed by atoms with Crippen molar-refractivity contribution in [1.29, 1.82) is 0 Å². The average Bonchev–Trinajstić information content (AvgIpc) is 2.62. The number of hydrogen-bond donors (Lipinski definition) is 2. The SMILES string of the molecule is CCCOc1ccc(CCNC(=O)[C@@H]2CSC(C)(C)C(=O)N2)cc1OC. The number of benzene rings is 1. The Kier molecular flexibility index (Phi) is 7.20.